The highest BCUT2D eigenvalue weighted by Crippen LogP contribution is 2.25. The van der Waals surface area contributed by atoms with Crippen LogP contribution >= 0.6 is 0 Å². The van der Waals surface area contributed by atoms with Crippen molar-refractivity contribution in [2.45, 2.75) is 85.5 Å². The molecule has 0 aromatic heterocycles. The summed E-state index contributed by atoms with van der Waals surface area (Å²) in [5.74, 6) is -2.04. The summed E-state index contributed by atoms with van der Waals surface area (Å²) >= 11 is 0. The lowest BCUT2D eigenvalue weighted by Crippen LogP contribution is -2.22. The van der Waals surface area contributed by atoms with E-state index in [1.165, 1.54) is 12.1 Å². The highest BCUT2D eigenvalue weighted by molar-refractivity contribution is 6.06. The fourth-order valence-corrected chi connectivity index (χ4v) is 4.52. The number of carboxylic acid groups (broad SMARTS) is 1. The lowest BCUT2D eigenvalue weighted by molar-refractivity contribution is 0.0380. The van der Waals surface area contributed by atoms with Crippen LogP contribution in [0, 0.1) is 11.8 Å². The lowest BCUT2D eigenvalue weighted by atomic mass is 9.92. The molecule has 6 heteroatoms. The van der Waals surface area contributed by atoms with Crippen LogP contribution in [0.2, 0.25) is 0 Å². The summed E-state index contributed by atoms with van der Waals surface area (Å²) in [5.41, 5.74) is 1.31. The number of unbranched alkanes of at least 4 members (excludes halogenated alkanes) is 2. The maximum absolute atomic E-state index is 13.5. The molecule has 0 saturated heterocycles. The van der Waals surface area contributed by atoms with Crippen LogP contribution in [-0.4, -0.2) is 36.2 Å². The van der Waals surface area contributed by atoms with Gasteiger partial charge in [0.1, 0.15) is 0 Å². The number of carboxylic acids is 1. The third-order valence-corrected chi connectivity index (χ3v) is 7.12. The van der Waals surface area contributed by atoms with Gasteiger partial charge in [-0.2, -0.15) is 0 Å². The third kappa shape index (κ3) is 9.62. The maximum atomic E-state index is 13.5. The van der Waals surface area contributed by atoms with Crippen molar-refractivity contribution in [1.29, 1.82) is 0 Å². The van der Waals surface area contributed by atoms with E-state index in [2.05, 4.69) is 27.7 Å². The predicted molar refractivity (Wildman–Crippen MR) is 150 cm³/mol. The molecule has 2 atom stereocenters. The molecule has 6 nitrogen and oxygen atoms in total. The van der Waals surface area contributed by atoms with Crippen LogP contribution < -0.4 is 0 Å². The first kappa shape index (κ1) is 31.1. The quantitative estimate of drug-likeness (QED) is 0.213. The zero-order chi connectivity index (χ0) is 27.9. The van der Waals surface area contributed by atoms with E-state index >= 15 is 0 Å². The Hall–Kier alpha value is -3.15. The molecule has 0 bridgehead atoms. The minimum Gasteiger partial charge on any atom is -0.478 e. The highest BCUT2D eigenvalue weighted by atomic mass is 16.5. The second kappa shape index (κ2) is 16.6. The van der Waals surface area contributed by atoms with E-state index in [0.29, 0.717) is 5.56 Å². The van der Waals surface area contributed by atoms with Crippen LogP contribution in [-0.2, 0) is 15.9 Å². The Kier molecular flexibility index (Phi) is 13.6. The minimum atomic E-state index is -1.17. The lowest BCUT2D eigenvalue weighted by Gasteiger charge is -2.19. The van der Waals surface area contributed by atoms with Crippen LogP contribution in [0.5, 0.6) is 0 Å². The number of benzene rings is 2. The second-order valence-electron chi connectivity index (χ2n) is 10.1. The normalized spacial score (nSPS) is 12.5. The van der Waals surface area contributed by atoms with Crippen molar-refractivity contribution in [3.05, 3.63) is 70.3 Å². The Balaban J connectivity index is 2.46. The number of carbonyl (C=O) groups excluding carboxylic acids is 2. The molecule has 38 heavy (non-hydrogen) atoms. The first-order valence-electron chi connectivity index (χ1n) is 14.1. The van der Waals surface area contributed by atoms with Crippen molar-refractivity contribution in [3.8, 4) is 0 Å². The van der Waals surface area contributed by atoms with Gasteiger partial charge in [0, 0.05) is 0 Å². The minimum absolute atomic E-state index is 0.0483. The number of ether oxygens (including phenoxy) is 2. The molecule has 0 amide bonds. The fourth-order valence-electron chi connectivity index (χ4n) is 4.52. The Morgan fingerprint density at radius 1 is 0.789 bits per heavy atom. The van der Waals surface area contributed by atoms with Gasteiger partial charge in [0.25, 0.3) is 0 Å². The molecule has 208 valence electrons. The standard InChI is InChI=1S/C32H44O6/c1-5-9-14-23(7-3)21-37-31(35)28-20-27(30(33)34)19-26(18-25-16-12-11-13-17-25)29(28)32(36)38-22-24(8-4)15-10-6-2/h11-13,16-17,19-20,23-24H,5-10,14-15,18,21-22H2,1-4H3,(H,33,34). The number of hydrogen-bond acceptors (Lipinski definition) is 5. The molecule has 1 N–H and O–H groups in total. The van der Waals surface area contributed by atoms with E-state index < -0.39 is 17.9 Å². The molecule has 0 fully saturated rings. The van der Waals surface area contributed by atoms with Crippen LogP contribution in [0.1, 0.15) is 121 Å². The Morgan fingerprint density at radius 3 is 1.84 bits per heavy atom. The number of hydrogen-bond donors (Lipinski definition) is 1. The average molecular weight is 525 g/mol. The smallest absolute Gasteiger partial charge is 0.339 e. The van der Waals surface area contributed by atoms with E-state index in [-0.39, 0.29) is 48.2 Å². The van der Waals surface area contributed by atoms with Gasteiger partial charge in [-0.15, -0.1) is 0 Å². The predicted octanol–water partition coefficient (Wildman–Crippen LogP) is 7.72. The van der Waals surface area contributed by atoms with Gasteiger partial charge < -0.3 is 14.6 Å². The zero-order valence-electron chi connectivity index (χ0n) is 23.5. The number of aromatic carboxylic acids is 1. The number of esters is 2. The van der Waals surface area contributed by atoms with Gasteiger partial charge in [-0.05, 0) is 54.4 Å². The van der Waals surface area contributed by atoms with Crippen LogP contribution in [0.25, 0.3) is 0 Å². The van der Waals surface area contributed by atoms with E-state index in [0.717, 1.165) is 56.9 Å². The van der Waals surface area contributed by atoms with Gasteiger partial charge in [-0.1, -0.05) is 96.6 Å². The molecule has 0 radical (unpaired) electrons. The topological polar surface area (TPSA) is 89.9 Å². The molecule has 0 spiro atoms. The average Bonchev–Trinajstić information content (AvgIpc) is 2.93. The van der Waals surface area contributed by atoms with Gasteiger partial charge in [-0.3, -0.25) is 0 Å². The molecule has 2 aromatic rings. The summed E-state index contributed by atoms with van der Waals surface area (Å²) in [6, 6.07) is 12.2. The van der Waals surface area contributed by atoms with E-state index in [1.54, 1.807) is 0 Å². The largest absolute Gasteiger partial charge is 0.478 e. The molecular formula is C32H44O6. The summed E-state index contributed by atoms with van der Waals surface area (Å²) in [6.07, 6.45) is 8.15. The molecule has 2 unspecified atom stereocenters. The van der Waals surface area contributed by atoms with Crippen molar-refractivity contribution >= 4 is 17.9 Å². The first-order valence-corrected chi connectivity index (χ1v) is 14.1. The zero-order valence-corrected chi connectivity index (χ0v) is 23.5. The molecule has 0 aliphatic heterocycles. The summed E-state index contributed by atoms with van der Waals surface area (Å²) in [7, 11) is 0. The van der Waals surface area contributed by atoms with Crippen molar-refractivity contribution in [3.63, 3.8) is 0 Å². The van der Waals surface area contributed by atoms with Gasteiger partial charge in [0.2, 0.25) is 0 Å². The molecule has 2 aromatic carbocycles. The van der Waals surface area contributed by atoms with E-state index in [4.69, 9.17) is 9.47 Å². The summed E-state index contributed by atoms with van der Waals surface area (Å²) in [4.78, 5) is 38.8. The van der Waals surface area contributed by atoms with Gasteiger partial charge in [-0.25, -0.2) is 14.4 Å². The first-order chi connectivity index (χ1) is 18.3. The number of carbonyl (C=O) groups is 3. The summed E-state index contributed by atoms with van der Waals surface area (Å²) < 4.78 is 11.4. The van der Waals surface area contributed by atoms with Crippen LogP contribution in [0.15, 0.2) is 42.5 Å². The molecule has 0 aliphatic rings. The molecule has 0 heterocycles. The molecular weight excluding hydrogens is 480 g/mol. The van der Waals surface area contributed by atoms with Crippen LogP contribution in [0.4, 0.5) is 0 Å². The Bertz CT molecular complexity index is 1030. The molecule has 2 rings (SSSR count). The maximum Gasteiger partial charge on any atom is 0.339 e. The van der Waals surface area contributed by atoms with Crippen molar-refractivity contribution < 1.29 is 29.0 Å². The SMILES string of the molecule is CCCCC(CC)COC(=O)c1cc(C(=O)O)cc(Cc2ccccc2)c1C(=O)OCC(CC)CCCC. The van der Waals surface area contributed by atoms with Gasteiger partial charge in [0.15, 0.2) is 0 Å². The van der Waals surface area contributed by atoms with Gasteiger partial charge in [0.05, 0.1) is 29.9 Å². The summed E-state index contributed by atoms with van der Waals surface area (Å²) in [6.45, 7) is 8.86. The third-order valence-electron chi connectivity index (χ3n) is 7.12. The molecule has 0 saturated carbocycles. The van der Waals surface area contributed by atoms with Gasteiger partial charge >= 0.3 is 17.9 Å². The summed E-state index contributed by atoms with van der Waals surface area (Å²) in [5, 5.41) is 9.79. The second-order valence-corrected chi connectivity index (χ2v) is 10.1. The van der Waals surface area contributed by atoms with Crippen molar-refractivity contribution in [1.82, 2.24) is 0 Å². The van der Waals surface area contributed by atoms with Crippen LogP contribution in [0.3, 0.4) is 0 Å². The van der Waals surface area contributed by atoms with Crippen molar-refractivity contribution in [2.24, 2.45) is 11.8 Å². The molecule has 0 aliphatic carbocycles. The van der Waals surface area contributed by atoms with E-state index in [9.17, 15) is 19.5 Å². The highest BCUT2D eigenvalue weighted by Gasteiger charge is 2.27. The Labute approximate surface area is 227 Å². The number of rotatable bonds is 17. The van der Waals surface area contributed by atoms with Crippen molar-refractivity contribution in [2.75, 3.05) is 13.2 Å². The Morgan fingerprint density at radius 2 is 1.34 bits per heavy atom. The van der Waals surface area contributed by atoms with E-state index in [1.807, 2.05) is 30.3 Å². The fraction of sp³-hybridized carbons (Fsp3) is 0.531. The monoisotopic (exact) mass is 524 g/mol.